The molecule has 0 unspecified atom stereocenters. The number of amides is 1. The Balaban J connectivity index is 1.90. The first-order chi connectivity index (χ1) is 10.5. The molecule has 7 heteroatoms. The molecule has 0 aliphatic carbocycles. The minimum absolute atomic E-state index is 0.233. The molecule has 22 heavy (non-hydrogen) atoms. The number of nitrogens with two attached hydrogens (primary N) is 1. The van der Waals surface area contributed by atoms with Gasteiger partial charge in [0.05, 0.1) is 16.3 Å². The first kappa shape index (κ1) is 16.3. The summed E-state index contributed by atoms with van der Waals surface area (Å²) in [5, 5.41) is 2.97. The monoisotopic (exact) mass is 382 g/mol. The topological polar surface area (TPSA) is 81.4 Å². The van der Waals surface area contributed by atoms with Gasteiger partial charge in [-0.3, -0.25) is 4.79 Å². The Morgan fingerprint density at radius 2 is 2.00 bits per heavy atom. The number of hydrogen-bond acceptors (Lipinski definition) is 4. The van der Waals surface area contributed by atoms with E-state index in [-0.39, 0.29) is 11.3 Å². The molecule has 2 rings (SSSR count). The van der Waals surface area contributed by atoms with Crippen LogP contribution in [0.2, 0.25) is 5.02 Å². The summed E-state index contributed by atoms with van der Waals surface area (Å²) in [5.41, 5.74) is 6.72. The zero-order valence-electron chi connectivity index (χ0n) is 11.3. The molecule has 0 saturated heterocycles. The highest BCUT2D eigenvalue weighted by Gasteiger charge is 2.11. The summed E-state index contributed by atoms with van der Waals surface area (Å²) in [7, 11) is 0. The summed E-state index contributed by atoms with van der Waals surface area (Å²) in [4.78, 5) is 23.5. The van der Waals surface area contributed by atoms with E-state index in [0.29, 0.717) is 10.7 Å². The van der Waals surface area contributed by atoms with E-state index >= 15 is 0 Å². The Labute approximate surface area is 140 Å². The van der Waals surface area contributed by atoms with Crippen LogP contribution in [0.1, 0.15) is 10.4 Å². The van der Waals surface area contributed by atoms with Gasteiger partial charge in [0.25, 0.3) is 5.91 Å². The molecule has 0 bridgehead atoms. The average molecular weight is 384 g/mol. The SMILES string of the molecule is Nc1cc(C(=O)OCC(=O)Nc2cccc(Br)c2)ccc1Cl. The molecular formula is C15H12BrClN2O3. The molecule has 1 amide bonds. The lowest BCUT2D eigenvalue weighted by Gasteiger charge is -2.07. The second-order valence-corrected chi connectivity index (χ2v) is 5.69. The number of nitrogen functional groups attached to an aromatic ring is 1. The molecule has 2 aromatic rings. The van der Waals surface area contributed by atoms with Crippen molar-refractivity contribution in [2.45, 2.75) is 0 Å². The van der Waals surface area contributed by atoms with Crippen LogP contribution in [0.5, 0.6) is 0 Å². The van der Waals surface area contributed by atoms with Crippen molar-refractivity contribution in [2.24, 2.45) is 0 Å². The van der Waals surface area contributed by atoms with Crippen molar-refractivity contribution in [1.29, 1.82) is 0 Å². The van der Waals surface area contributed by atoms with Crippen molar-refractivity contribution >= 4 is 50.8 Å². The number of rotatable bonds is 4. The number of esters is 1. The maximum absolute atomic E-state index is 11.8. The fourth-order valence-corrected chi connectivity index (χ4v) is 2.17. The smallest absolute Gasteiger partial charge is 0.338 e. The van der Waals surface area contributed by atoms with E-state index in [1.54, 1.807) is 18.2 Å². The van der Waals surface area contributed by atoms with Gasteiger partial charge in [0, 0.05) is 10.2 Å². The van der Waals surface area contributed by atoms with Crippen molar-refractivity contribution in [3.05, 3.63) is 57.5 Å². The molecule has 2 aromatic carbocycles. The van der Waals surface area contributed by atoms with Crippen molar-refractivity contribution in [1.82, 2.24) is 0 Å². The lowest BCUT2D eigenvalue weighted by atomic mass is 10.2. The molecule has 0 radical (unpaired) electrons. The zero-order valence-corrected chi connectivity index (χ0v) is 13.6. The molecule has 0 heterocycles. The van der Waals surface area contributed by atoms with E-state index in [1.807, 2.05) is 6.07 Å². The van der Waals surface area contributed by atoms with Gasteiger partial charge in [-0.1, -0.05) is 33.6 Å². The molecule has 0 saturated carbocycles. The maximum atomic E-state index is 11.8. The van der Waals surface area contributed by atoms with Gasteiger partial charge in [0.2, 0.25) is 0 Å². The highest BCUT2D eigenvalue weighted by atomic mass is 79.9. The van der Waals surface area contributed by atoms with Crippen LogP contribution in [-0.4, -0.2) is 18.5 Å². The van der Waals surface area contributed by atoms with Gasteiger partial charge >= 0.3 is 5.97 Å². The van der Waals surface area contributed by atoms with Crippen LogP contribution in [0.4, 0.5) is 11.4 Å². The van der Waals surface area contributed by atoms with Gasteiger partial charge in [-0.05, 0) is 36.4 Å². The van der Waals surface area contributed by atoms with Crippen LogP contribution < -0.4 is 11.1 Å². The van der Waals surface area contributed by atoms with Gasteiger partial charge in [0.1, 0.15) is 0 Å². The quantitative estimate of drug-likeness (QED) is 0.625. The summed E-state index contributed by atoms with van der Waals surface area (Å²) in [5.74, 6) is -1.08. The summed E-state index contributed by atoms with van der Waals surface area (Å²) in [6.07, 6.45) is 0. The second kappa shape index (κ2) is 7.29. The number of benzene rings is 2. The minimum Gasteiger partial charge on any atom is -0.452 e. The predicted molar refractivity (Wildman–Crippen MR) is 88.9 cm³/mol. The normalized spacial score (nSPS) is 10.1. The Morgan fingerprint density at radius 3 is 2.68 bits per heavy atom. The lowest BCUT2D eigenvalue weighted by molar-refractivity contribution is -0.119. The number of hydrogen-bond donors (Lipinski definition) is 2. The molecular weight excluding hydrogens is 372 g/mol. The van der Waals surface area contributed by atoms with Crippen molar-refractivity contribution < 1.29 is 14.3 Å². The van der Waals surface area contributed by atoms with Crippen LogP contribution in [0.3, 0.4) is 0 Å². The molecule has 5 nitrogen and oxygen atoms in total. The van der Waals surface area contributed by atoms with Crippen molar-refractivity contribution in [2.75, 3.05) is 17.7 Å². The molecule has 0 aliphatic rings. The fraction of sp³-hybridized carbons (Fsp3) is 0.0667. The molecule has 0 aliphatic heterocycles. The second-order valence-electron chi connectivity index (χ2n) is 4.37. The zero-order chi connectivity index (χ0) is 16.1. The van der Waals surface area contributed by atoms with Gasteiger partial charge in [-0.2, -0.15) is 0 Å². The summed E-state index contributed by atoms with van der Waals surface area (Å²) >= 11 is 9.07. The number of anilines is 2. The largest absolute Gasteiger partial charge is 0.452 e. The minimum atomic E-state index is -0.646. The Bertz CT molecular complexity index is 722. The number of halogens is 2. The average Bonchev–Trinajstić information content (AvgIpc) is 2.47. The first-order valence-electron chi connectivity index (χ1n) is 6.23. The lowest BCUT2D eigenvalue weighted by Crippen LogP contribution is -2.21. The number of carbonyl (C=O) groups is 2. The van der Waals surface area contributed by atoms with Gasteiger partial charge in [-0.25, -0.2) is 4.79 Å². The van der Waals surface area contributed by atoms with E-state index in [2.05, 4.69) is 21.2 Å². The maximum Gasteiger partial charge on any atom is 0.338 e. The Kier molecular flexibility index (Phi) is 5.41. The number of carbonyl (C=O) groups excluding carboxylic acids is 2. The van der Waals surface area contributed by atoms with Crippen molar-refractivity contribution in [3.8, 4) is 0 Å². The van der Waals surface area contributed by atoms with Gasteiger partial charge in [0.15, 0.2) is 6.61 Å². The molecule has 0 fully saturated rings. The highest BCUT2D eigenvalue weighted by molar-refractivity contribution is 9.10. The van der Waals surface area contributed by atoms with E-state index in [4.69, 9.17) is 22.1 Å². The standard InChI is InChI=1S/C15H12BrClN2O3/c16-10-2-1-3-11(7-10)19-14(20)8-22-15(21)9-4-5-12(17)13(18)6-9/h1-7H,8,18H2,(H,19,20). The molecule has 3 N–H and O–H groups in total. The molecule has 0 spiro atoms. The number of nitrogens with one attached hydrogen (secondary N) is 1. The van der Waals surface area contributed by atoms with Crippen LogP contribution in [-0.2, 0) is 9.53 Å². The Morgan fingerprint density at radius 1 is 1.23 bits per heavy atom. The van der Waals surface area contributed by atoms with Crippen LogP contribution >= 0.6 is 27.5 Å². The van der Waals surface area contributed by atoms with Gasteiger partial charge in [-0.15, -0.1) is 0 Å². The third-order valence-electron chi connectivity index (χ3n) is 2.67. The van der Waals surface area contributed by atoms with Crippen LogP contribution in [0, 0.1) is 0 Å². The fourth-order valence-electron chi connectivity index (χ4n) is 1.65. The van der Waals surface area contributed by atoms with E-state index in [0.717, 1.165) is 4.47 Å². The van der Waals surface area contributed by atoms with Crippen molar-refractivity contribution in [3.63, 3.8) is 0 Å². The van der Waals surface area contributed by atoms with E-state index in [1.165, 1.54) is 18.2 Å². The van der Waals surface area contributed by atoms with Crippen LogP contribution in [0.15, 0.2) is 46.9 Å². The summed E-state index contributed by atoms with van der Waals surface area (Å²) in [6, 6.07) is 11.5. The molecule has 0 atom stereocenters. The summed E-state index contributed by atoms with van der Waals surface area (Å²) < 4.78 is 5.76. The third-order valence-corrected chi connectivity index (χ3v) is 3.51. The Hall–Kier alpha value is -2.05. The van der Waals surface area contributed by atoms with E-state index < -0.39 is 18.5 Å². The van der Waals surface area contributed by atoms with Crippen LogP contribution in [0.25, 0.3) is 0 Å². The summed E-state index contributed by atoms with van der Waals surface area (Å²) in [6.45, 7) is -0.395. The highest BCUT2D eigenvalue weighted by Crippen LogP contribution is 2.20. The molecule has 0 aromatic heterocycles. The third kappa shape index (κ3) is 4.47. The molecule has 114 valence electrons. The first-order valence-corrected chi connectivity index (χ1v) is 7.40. The number of ether oxygens (including phenoxy) is 1. The van der Waals surface area contributed by atoms with E-state index in [9.17, 15) is 9.59 Å². The van der Waals surface area contributed by atoms with Gasteiger partial charge < -0.3 is 15.8 Å². The predicted octanol–water partition coefficient (Wildman–Crippen LogP) is 3.48.